The Morgan fingerprint density at radius 1 is 1.16 bits per heavy atom. The van der Waals surface area contributed by atoms with Crippen molar-refractivity contribution in [1.29, 1.82) is 0 Å². The van der Waals surface area contributed by atoms with Gasteiger partial charge in [0.15, 0.2) is 0 Å². The molecule has 0 fully saturated rings. The molecule has 0 aliphatic heterocycles. The van der Waals surface area contributed by atoms with Crippen LogP contribution in [0.25, 0.3) is 0 Å². The van der Waals surface area contributed by atoms with Crippen molar-refractivity contribution >= 4 is 27.5 Å². The molecule has 0 saturated carbocycles. The molecule has 0 aliphatic rings. The number of halogens is 4. The predicted octanol–water partition coefficient (Wildman–Crippen LogP) is 5.11. The maximum absolute atomic E-state index is 13.3. The van der Waals surface area contributed by atoms with Gasteiger partial charge in [-0.15, -0.1) is 0 Å². The van der Waals surface area contributed by atoms with Crippen LogP contribution in [0.1, 0.15) is 16.0 Å². The maximum Gasteiger partial charge on any atom is 0.141 e. The van der Waals surface area contributed by atoms with Gasteiger partial charge < -0.3 is 4.74 Å². The van der Waals surface area contributed by atoms with E-state index in [9.17, 15) is 8.78 Å². The van der Waals surface area contributed by atoms with E-state index in [-0.39, 0.29) is 15.7 Å². The average molecular weight is 348 g/mol. The summed E-state index contributed by atoms with van der Waals surface area (Å²) in [5, 5.41) is 0.0253. The lowest BCUT2D eigenvalue weighted by atomic mass is 10.0. The Bertz CT molecular complexity index is 604. The van der Waals surface area contributed by atoms with Crippen LogP contribution in [0.15, 0.2) is 36.4 Å². The fourth-order valence-electron chi connectivity index (χ4n) is 1.75. The molecule has 1 unspecified atom stereocenters. The third kappa shape index (κ3) is 3.07. The van der Waals surface area contributed by atoms with Crippen molar-refractivity contribution in [3.05, 3.63) is 64.2 Å². The topological polar surface area (TPSA) is 9.23 Å². The fourth-order valence-corrected chi connectivity index (χ4v) is 2.58. The maximum atomic E-state index is 13.3. The van der Waals surface area contributed by atoms with Crippen molar-refractivity contribution in [2.75, 3.05) is 7.11 Å². The van der Waals surface area contributed by atoms with Crippen molar-refractivity contribution in [2.24, 2.45) is 0 Å². The Morgan fingerprint density at radius 3 is 2.53 bits per heavy atom. The summed E-state index contributed by atoms with van der Waals surface area (Å²) in [6.07, 6.45) is 0. The molecule has 0 bridgehead atoms. The number of benzene rings is 2. The summed E-state index contributed by atoms with van der Waals surface area (Å²) in [5.74, 6) is -0.312. The Morgan fingerprint density at radius 2 is 1.89 bits per heavy atom. The number of alkyl halides is 1. The quantitative estimate of drug-likeness (QED) is 0.701. The molecule has 0 aliphatic carbocycles. The van der Waals surface area contributed by atoms with Crippen LogP contribution in [0.5, 0.6) is 5.75 Å². The first kappa shape index (κ1) is 14.3. The second kappa shape index (κ2) is 5.88. The normalized spacial score (nSPS) is 12.3. The highest BCUT2D eigenvalue weighted by Crippen LogP contribution is 2.37. The van der Waals surface area contributed by atoms with Crippen molar-refractivity contribution < 1.29 is 13.5 Å². The molecule has 0 radical (unpaired) electrons. The fraction of sp³-hybridized carbons (Fsp3) is 0.143. The minimum absolute atomic E-state index is 0.0253. The van der Waals surface area contributed by atoms with Crippen LogP contribution in [-0.4, -0.2) is 7.11 Å². The minimum Gasteiger partial charge on any atom is -0.496 e. The van der Waals surface area contributed by atoms with Gasteiger partial charge in [-0.3, -0.25) is 0 Å². The largest absolute Gasteiger partial charge is 0.496 e. The molecule has 0 N–H and O–H groups in total. The summed E-state index contributed by atoms with van der Waals surface area (Å²) in [6.45, 7) is 0. The van der Waals surface area contributed by atoms with E-state index in [0.717, 1.165) is 5.56 Å². The number of ether oxygens (including phenoxy) is 1. The molecule has 0 heterocycles. The van der Waals surface area contributed by atoms with Crippen LogP contribution in [0.2, 0.25) is 5.02 Å². The highest BCUT2D eigenvalue weighted by molar-refractivity contribution is 9.09. The highest BCUT2D eigenvalue weighted by Gasteiger charge is 2.17. The minimum atomic E-state index is -0.490. The zero-order chi connectivity index (χ0) is 14.0. The average Bonchev–Trinajstić information content (AvgIpc) is 2.41. The third-order valence-electron chi connectivity index (χ3n) is 2.70. The van der Waals surface area contributed by atoms with Gasteiger partial charge in [0.1, 0.15) is 17.4 Å². The van der Waals surface area contributed by atoms with Crippen molar-refractivity contribution in [2.45, 2.75) is 4.83 Å². The number of rotatable bonds is 3. The van der Waals surface area contributed by atoms with E-state index >= 15 is 0 Å². The van der Waals surface area contributed by atoms with Crippen molar-refractivity contribution in [1.82, 2.24) is 0 Å². The van der Waals surface area contributed by atoms with Gasteiger partial charge in [0.25, 0.3) is 0 Å². The first-order valence-corrected chi connectivity index (χ1v) is 6.74. The number of methoxy groups -OCH3 is 1. The molecule has 1 nitrogen and oxygen atoms in total. The van der Waals surface area contributed by atoms with E-state index in [2.05, 4.69) is 15.9 Å². The first-order chi connectivity index (χ1) is 9.02. The van der Waals surface area contributed by atoms with Crippen LogP contribution < -0.4 is 4.74 Å². The lowest BCUT2D eigenvalue weighted by Crippen LogP contribution is -1.98. The molecule has 5 heteroatoms. The van der Waals surface area contributed by atoms with E-state index in [4.69, 9.17) is 16.3 Å². The van der Waals surface area contributed by atoms with E-state index in [0.29, 0.717) is 11.3 Å². The molecule has 0 saturated heterocycles. The van der Waals surface area contributed by atoms with E-state index in [1.807, 2.05) is 0 Å². The second-order valence-corrected chi connectivity index (χ2v) is 5.25. The Labute approximate surface area is 123 Å². The zero-order valence-electron chi connectivity index (χ0n) is 9.96. The van der Waals surface area contributed by atoms with Gasteiger partial charge in [0.2, 0.25) is 0 Å². The molecule has 0 spiro atoms. The van der Waals surface area contributed by atoms with Crippen molar-refractivity contribution in [3.63, 3.8) is 0 Å². The molecule has 0 amide bonds. The van der Waals surface area contributed by atoms with Gasteiger partial charge in [0.05, 0.1) is 17.0 Å². The van der Waals surface area contributed by atoms with Crippen LogP contribution in [0, 0.1) is 11.6 Å². The monoisotopic (exact) mass is 346 g/mol. The highest BCUT2D eigenvalue weighted by atomic mass is 79.9. The lowest BCUT2D eigenvalue weighted by Gasteiger charge is -2.15. The smallest absolute Gasteiger partial charge is 0.141 e. The summed E-state index contributed by atoms with van der Waals surface area (Å²) in [5.41, 5.74) is 1.33. The number of hydrogen-bond acceptors (Lipinski definition) is 1. The molecule has 2 aromatic rings. The molecule has 19 heavy (non-hydrogen) atoms. The van der Waals surface area contributed by atoms with E-state index in [1.54, 1.807) is 12.1 Å². The Kier molecular flexibility index (Phi) is 4.42. The molecule has 2 rings (SSSR count). The van der Waals surface area contributed by atoms with Gasteiger partial charge >= 0.3 is 0 Å². The van der Waals surface area contributed by atoms with Crippen LogP contribution >= 0.6 is 27.5 Å². The summed E-state index contributed by atoms with van der Waals surface area (Å²) < 4.78 is 31.7. The molecule has 100 valence electrons. The third-order valence-corrected chi connectivity index (χ3v) is 4.01. The van der Waals surface area contributed by atoms with Crippen LogP contribution in [0.3, 0.4) is 0 Å². The van der Waals surface area contributed by atoms with Crippen LogP contribution in [0.4, 0.5) is 8.78 Å². The SMILES string of the molecule is COc1ccc(F)cc1C(Br)c1ccc(F)c(Cl)c1. The summed E-state index contributed by atoms with van der Waals surface area (Å²) in [6, 6.07) is 8.60. The molecule has 2 aromatic carbocycles. The predicted molar refractivity (Wildman–Crippen MR) is 75.1 cm³/mol. The standard InChI is InChI=1S/C14H10BrClF2O/c1-19-13-5-3-9(17)7-10(13)14(15)8-2-4-12(18)11(16)6-8/h2-7,14H,1H3. The molecular weight excluding hydrogens is 338 g/mol. The summed E-state index contributed by atoms with van der Waals surface area (Å²) in [7, 11) is 1.51. The Balaban J connectivity index is 2.45. The summed E-state index contributed by atoms with van der Waals surface area (Å²) >= 11 is 9.20. The van der Waals surface area contributed by atoms with Crippen LogP contribution in [-0.2, 0) is 0 Å². The van der Waals surface area contributed by atoms with E-state index < -0.39 is 5.82 Å². The van der Waals surface area contributed by atoms with Gasteiger partial charge in [-0.1, -0.05) is 33.6 Å². The Hall–Kier alpha value is -1.13. The zero-order valence-corrected chi connectivity index (χ0v) is 12.3. The van der Waals surface area contributed by atoms with Crippen molar-refractivity contribution in [3.8, 4) is 5.75 Å². The summed E-state index contributed by atoms with van der Waals surface area (Å²) in [4.78, 5) is -0.337. The van der Waals surface area contributed by atoms with Gasteiger partial charge in [-0.25, -0.2) is 8.78 Å². The second-order valence-electron chi connectivity index (χ2n) is 3.92. The van der Waals surface area contributed by atoms with Gasteiger partial charge in [-0.05, 0) is 35.9 Å². The van der Waals surface area contributed by atoms with Gasteiger partial charge in [-0.2, -0.15) is 0 Å². The first-order valence-electron chi connectivity index (χ1n) is 5.45. The molecule has 0 aromatic heterocycles. The van der Waals surface area contributed by atoms with E-state index in [1.165, 1.54) is 31.4 Å². The number of hydrogen-bond donors (Lipinski definition) is 0. The molecule has 1 atom stereocenters. The molecular formula is C14H10BrClF2O. The van der Waals surface area contributed by atoms with Gasteiger partial charge in [0, 0.05) is 5.56 Å². The lowest BCUT2D eigenvalue weighted by molar-refractivity contribution is 0.409.